The van der Waals surface area contributed by atoms with Crippen LogP contribution in [0.2, 0.25) is 0 Å². The molecular weight excluding hydrogens is 182 g/mol. The van der Waals surface area contributed by atoms with Crippen LogP contribution >= 0.6 is 11.3 Å². The van der Waals surface area contributed by atoms with Gasteiger partial charge in [-0.05, 0) is 19.1 Å². The lowest BCUT2D eigenvalue weighted by atomic mass is 10.3. The minimum atomic E-state index is 0.554. The van der Waals surface area contributed by atoms with E-state index in [4.69, 9.17) is 5.73 Å². The Morgan fingerprint density at radius 1 is 1.38 bits per heavy atom. The molecule has 0 spiro atoms. The van der Waals surface area contributed by atoms with Crippen LogP contribution in [0.15, 0.2) is 23.7 Å². The third-order valence-corrected chi connectivity index (χ3v) is 2.50. The van der Waals surface area contributed by atoms with Gasteiger partial charge < -0.3 is 5.73 Å². The van der Waals surface area contributed by atoms with E-state index in [2.05, 4.69) is 16.9 Å². The molecule has 0 unspecified atom stereocenters. The normalized spacial score (nSPS) is 10.2. The zero-order valence-corrected chi connectivity index (χ0v) is 7.71. The van der Waals surface area contributed by atoms with E-state index >= 15 is 0 Å². The Hall–Kier alpha value is -1.42. The van der Waals surface area contributed by atoms with Gasteiger partial charge in [0.05, 0.1) is 0 Å². The number of nitrogens with two attached hydrogens (primary N) is 1. The first-order valence-corrected chi connectivity index (χ1v) is 4.63. The molecule has 1 radical (unpaired) electrons. The van der Waals surface area contributed by atoms with Gasteiger partial charge in [0, 0.05) is 22.8 Å². The van der Waals surface area contributed by atoms with E-state index < -0.39 is 0 Å². The van der Waals surface area contributed by atoms with E-state index in [-0.39, 0.29) is 0 Å². The Bertz CT molecular complexity index is 405. The van der Waals surface area contributed by atoms with E-state index in [1.54, 1.807) is 6.20 Å². The highest BCUT2D eigenvalue weighted by molar-refractivity contribution is 7.13. The van der Waals surface area contributed by atoms with Crippen LogP contribution in [-0.4, -0.2) is 9.97 Å². The second-order valence-electron chi connectivity index (χ2n) is 2.62. The van der Waals surface area contributed by atoms with Crippen molar-refractivity contribution in [3.63, 3.8) is 0 Å². The summed E-state index contributed by atoms with van der Waals surface area (Å²) < 4.78 is 0. The van der Waals surface area contributed by atoms with Crippen molar-refractivity contribution in [2.24, 2.45) is 0 Å². The summed E-state index contributed by atoms with van der Waals surface area (Å²) in [6.45, 7) is 3.71. The molecule has 2 N–H and O–H groups in total. The molecule has 2 aromatic heterocycles. The van der Waals surface area contributed by atoms with Crippen LogP contribution in [0.1, 0.15) is 5.69 Å². The third kappa shape index (κ3) is 1.67. The van der Waals surface area contributed by atoms with Crippen molar-refractivity contribution in [2.45, 2.75) is 0 Å². The molecule has 2 heterocycles. The summed E-state index contributed by atoms with van der Waals surface area (Å²) in [5.74, 6) is 0.554. The average molecular weight is 190 g/mol. The fourth-order valence-electron chi connectivity index (χ4n) is 0.970. The summed E-state index contributed by atoms with van der Waals surface area (Å²) in [4.78, 5) is 8.23. The van der Waals surface area contributed by atoms with E-state index in [1.807, 2.05) is 17.5 Å². The van der Waals surface area contributed by atoms with Crippen molar-refractivity contribution in [2.75, 3.05) is 5.73 Å². The van der Waals surface area contributed by atoms with E-state index in [1.165, 1.54) is 11.3 Å². The fraction of sp³-hybridized carbons (Fsp3) is 0. The number of hydrogen-bond acceptors (Lipinski definition) is 4. The Morgan fingerprint density at radius 2 is 2.23 bits per heavy atom. The van der Waals surface area contributed by atoms with Crippen molar-refractivity contribution < 1.29 is 0 Å². The second-order valence-corrected chi connectivity index (χ2v) is 3.47. The van der Waals surface area contributed by atoms with Gasteiger partial charge in [-0.25, -0.2) is 4.98 Å². The number of pyridine rings is 1. The molecule has 0 fully saturated rings. The maximum absolute atomic E-state index is 5.51. The first-order chi connectivity index (χ1) is 6.25. The van der Waals surface area contributed by atoms with Crippen molar-refractivity contribution in [1.29, 1.82) is 0 Å². The third-order valence-electron chi connectivity index (χ3n) is 1.59. The largest absolute Gasteiger partial charge is 0.383 e. The first kappa shape index (κ1) is 8.19. The number of anilines is 1. The summed E-state index contributed by atoms with van der Waals surface area (Å²) in [5.41, 5.74) is 7.25. The summed E-state index contributed by atoms with van der Waals surface area (Å²) in [7, 11) is 0. The minimum Gasteiger partial charge on any atom is -0.383 e. The quantitative estimate of drug-likeness (QED) is 0.748. The Labute approximate surface area is 80.3 Å². The van der Waals surface area contributed by atoms with Crippen LogP contribution < -0.4 is 5.73 Å². The molecule has 0 bridgehead atoms. The SMILES string of the molecule is [CH2]c1ccc(-c2nc(N)cs2)cn1. The molecular formula is C9H8N3S. The van der Waals surface area contributed by atoms with E-state index in [9.17, 15) is 0 Å². The molecule has 0 aliphatic rings. The summed E-state index contributed by atoms with van der Waals surface area (Å²) in [5, 5.41) is 2.71. The highest BCUT2D eigenvalue weighted by Crippen LogP contribution is 2.23. The lowest BCUT2D eigenvalue weighted by molar-refractivity contribution is 1.26. The maximum Gasteiger partial charge on any atom is 0.135 e. The number of nitrogen functional groups attached to an aromatic ring is 1. The van der Waals surface area contributed by atoms with Gasteiger partial charge >= 0.3 is 0 Å². The number of aromatic nitrogens is 2. The fourth-order valence-corrected chi connectivity index (χ4v) is 1.67. The van der Waals surface area contributed by atoms with Crippen molar-refractivity contribution in [1.82, 2.24) is 9.97 Å². The standard InChI is InChI=1S/C9H8N3S/c1-6-2-3-7(4-11-6)9-12-8(10)5-13-9/h2-5H,1,10H2. The molecule has 4 heteroatoms. The Morgan fingerprint density at radius 3 is 2.77 bits per heavy atom. The molecule has 65 valence electrons. The van der Waals surface area contributed by atoms with Gasteiger partial charge in [-0.15, -0.1) is 11.3 Å². The van der Waals surface area contributed by atoms with E-state index in [0.717, 1.165) is 16.3 Å². The van der Waals surface area contributed by atoms with Crippen molar-refractivity contribution >= 4 is 17.2 Å². The lowest BCUT2D eigenvalue weighted by Crippen LogP contribution is -1.85. The van der Waals surface area contributed by atoms with Crippen LogP contribution in [0.4, 0.5) is 5.82 Å². The van der Waals surface area contributed by atoms with Gasteiger partial charge in [0.2, 0.25) is 0 Å². The Kier molecular flexibility index (Phi) is 1.98. The second kappa shape index (κ2) is 3.14. The van der Waals surface area contributed by atoms with Crippen molar-refractivity contribution in [3.8, 4) is 10.6 Å². The molecule has 13 heavy (non-hydrogen) atoms. The highest BCUT2D eigenvalue weighted by Gasteiger charge is 2.01. The lowest BCUT2D eigenvalue weighted by Gasteiger charge is -1.94. The van der Waals surface area contributed by atoms with Crippen LogP contribution in [0.25, 0.3) is 10.6 Å². The van der Waals surface area contributed by atoms with Crippen LogP contribution in [0.3, 0.4) is 0 Å². The number of nitrogens with zero attached hydrogens (tertiary/aromatic N) is 2. The predicted octanol–water partition coefficient (Wildman–Crippen LogP) is 1.97. The topological polar surface area (TPSA) is 51.8 Å². The molecule has 0 aliphatic heterocycles. The molecule has 2 rings (SSSR count). The zero-order valence-electron chi connectivity index (χ0n) is 6.90. The van der Waals surface area contributed by atoms with Gasteiger partial charge in [0.15, 0.2) is 0 Å². The van der Waals surface area contributed by atoms with Crippen molar-refractivity contribution in [3.05, 3.63) is 36.3 Å². The molecule has 0 atom stereocenters. The molecule has 2 aromatic rings. The summed E-state index contributed by atoms with van der Waals surface area (Å²) in [6, 6.07) is 3.79. The number of thiazole rings is 1. The zero-order chi connectivity index (χ0) is 9.26. The Balaban J connectivity index is 2.41. The van der Waals surface area contributed by atoms with Crippen LogP contribution in [0.5, 0.6) is 0 Å². The number of rotatable bonds is 1. The van der Waals surface area contributed by atoms with Gasteiger partial charge in [-0.3, -0.25) is 4.98 Å². The molecule has 0 aromatic carbocycles. The molecule has 3 nitrogen and oxygen atoms in total. The first-order valence-electron chi connectivity index (χ1n) is 3.75. The molecule has 0 aliphatic carbocycles. The van der Waals surface area contributed by atoms with Gasteiger partial charge in [0.25, 0.3) is 0 Å². The van der Waals surface area contributed by atoms with Crippen LogP contribution in [0, 0.1) is 6.92 Å². The van der Waals surface area contributed by atoms with Gasteiger partial charge in [-0.2, -0.15) is 0 Å². The highest BCUT2D eigenvalue weighted by atomic mass is 32.1. The molecule has 0 saturated carbocycles. The number of hydrogen-bond donors (Lipinski definition) is 1. The van der Waals surface area contributed by atoms with Gasteiger partial charge in [0.1, 0.15) is 10.8 Å². The smallest absolute Gasteiger partial charge is 0.135 e. The molecule has 0 saturated heterocycles. The average Bonchev–Trinajstić information content (AvgIpc) is 2.53. The monoisotopic (exact) mass is 190 g/mol. The van der Waals surface area contributed by atoms with Gasteiger partial charge in [-0.1, -0.05) is 0 Å². The predicted molar refractivity (Wildman–Crippen MR) is 54.2 cm³/mol. The van der Waals surface area contributed by atoms with E-state index in [0.29, 0.717) is 5.82 Å². The summed E-state index contributed by atoms with van der Waals surface area (Å²) in [6.07, 6.45) is 1.75. The maximum atomic E-state index is 5.51. The minimum absolute atomic E-state index is 0.554. The molecule has 0 amide bonds. The van der Waals surface area contributed by atoms with Crippen LogP contribution in [-0.2, 0) is 0 Å². The summed E-state index contributed by atoms with van der Waals surface area (Å²) >= 11 is 1.51.